The zero-order chi connectivity index (χ0) is 14.3. The highest BCUT2D eigenvalue weighted by Gasteiger charge is 2.18. The summed E-state index contributed by atoms with van der Waals surface area (Å²) >= 11 is 0. The van der Waals surface area contributed by atoms with E-state index in [2.05, 4.69) is 0 Å². The molecule has 1 N–H and O–H groups in total. The second-order valence-electron chi connectivity index (χ2n) is 4.77. The van der Waals surface area contributed by atoms with Crippen LogP contribution < -0.4 is 0 Å². The number of rotatable bonds is 2. The summed E-state index contributed by atoms with van der Waals surface area (Å²) in [4.78, 5) is 0. The summed E-state index contributed by atoms with van der Waals surface area (Å²) in [5.74, 6) is -0.729. The Bertz CT molecular complexity index is 757. The van der Waals surface area contributed by atoms with Crippen LogP contribution in [-0.4, -0.2) is 5.11 Å². The van der Waals surface area contributed by atoms with Crippen LogP contribution in [-0.2, 0) is 0 Å². The van der Waals surface area contributed by atoms with Crippen LogP contribution in [0, 0.1) is 18.6 Å². The van der Waals surface area contributed by atoms with Crippen molar-refractivity contribution >= 4 is 11.0 Å². The van der Waals surface area contributed by atoms with E-state index in [-0.39, 0.29) is 11.3 Å². The minimum absolute atomic E-state index is 0.0923. The Kier molecular flexibility index (Phi) is 3.03. The summed E-state index contributed by atoms with van der Waals surface area (Å²) in [5, 5.41) is 10.8. The van der Waals surface area contributed by atoms with Gasteiger partial charge in [-0.1, -0.05) is 18.2 Å². The molecule has 3 aromatic rings. The molecule has 102 valence electrons. The molecule has 2 nitrogen and oxygen atoms in total. The second-order valence-corrected chi connectivity index (χ2v) is 4.77. The molecule has 0 saturated heterocycles. The van der Waals surface area contributed by atoms with Crippen molar-refractivity contribution in [2.75, 3.05) is 0 Å². The van der Waals surface area contributed by atoms with Gasteiger partial charge in [0.2, 0.25) is 0 Å². The minimum Gasteiger partial charge on any atom is -0.455 e. The number of benzene rings is 2. The Morgan fingerprint density at radius 2 is 1.90 bits per heavy atom. The van der Waals surface area contributed by atoms with Gasteiger partial charge in [-0.15, -0.1) is 0 Å². The van der Waals surface area contributed by atoms with Crippen molar-refractivity contribution in [1.29, 1.82) is 0 Å². The molecule has 4 heteroatoms. The van der Waals surface area contributed by atoms with E-state index in [0.29, 0.717) is 16.5 Å². The Hall–Kier alpha value is -2.20. The first kappa shape index (κ1) is 12.8. The highest BCUT2D eigenvalue weighted by molar-refractivity contribution is 5.78. The molecule has 0 aliphatic rings. The van der Waals surface area contributed by atoms with Gasteiger partial charge < -0.3 is 9.52 Å². The first-order chi connectivity index (χ1) is 9.54. The molecule has 1 aromatic heterocycles. The first-order valence-corrected chi connectivity index (χ1v) is 6.18. The molecule has 0 amide bonds. The topological polar surface area (TPSA) is 33.4 Å². The SMILES string of the molecule is Cc1cc(F)cc(C(O)c2cc3cccc(F)c3o2)c1. The number of hydrogen-bond donors (Lipinski definition) is 1. The van der Waals surface area contributed by atoms with Gasteiger partial charge >= 0.3 is 0 Å². The zero-order valence-corrected chi connectivity index (χ0v) is 10.7. The van der Waals surface area contributed by atoms with Crippen molar-refractivity contribution in [3.05, 3.63) is 71.0 Å². The van der Waals surface area contributed by atoms with Gasteiger partial charge in [0, 0.05) is 5.39 Å². The number of aliphatic hydroxyl groups is 1. The number of halogens is 2. The molecule has 0 radical (unpaired) electrons. The summed E-state index contributed by atoms with van der Waals surface area (Å²) in [6.07, 6.45) is -1.13. The van der Waals surface area contributed by atoms with Gasteiger partial charge in [0.05, 0.1) is 0 Å². The molecule has 0 saturated carbocycles. The van der Waals surface area contributed by atoms with Crippen LogP contribution in [0.5, 0.6) is 0 Å². The quantitative estimate of drug-likeness (QED) is 0.763. The van der Waals surface area contributed by atoms with Crippen LogP contribution in [0.2, 0.25) is 0 Å². The predicted octanol–water partition coefficient (Wildman–Crippen LogP) is 4.10. The third-order valence-corrected chi connectivity index (χ3v) is 3.16. The van der Waals surface area contributed by atoms with E-state index in [1.165, 1.54) is 18.2 Å². The van der Waals surface area contributed by atoms with E-state index in [4.69, 9.17) is 4.42 Å². The molecule has 0 spiro atoms. The number of fused-ring (bicyclic) bond motifs is 1. The Balaban J connectivity index is 2.07. The summed E-state index contributed by atoms with van der Waals surface area (Å²) in [6, 6.07) is 10.4. The Morgan fingerprint density at radius 3 is 2.60 bits per heavy atom. The molecule has 20 heavy (non-hydrogen) atoms. The number of para-hydroxylation sites is 1. The number of furan rings is 1. The van der Waals surface area contributed by atoms with E-state index in [9.17, 15) is 13.9 Å². The average molecular weight is 274 g/mol. The summed E-state index contributed by atoms with van der Waals surface area (Å²) < 4.78 is 32.3. The summed E-state index contributed by atoms with van der Waals surface area (Å²) in [5.41, 5.74) is 1.16. The molecule has 1 heterocycles. The number of aryl methyl sites for hydroxylation is 1. The van der Waals surface area contributed by atoms with Crippen LogP contribution in [0.15, 0.2) is 46.9 Å². The molecule has 1 unspecified atom stereocenters. The van der Waals surface area contributed by atoms with E-state index in [1.54, 1.807) is 31.2 Å². The van der Waals surface area contributed by atoms with Crippen molar-refractivity contribution in [2.45, 2.75) is 13.0 Å². The monoisotopic (exact) mass is 274 g/mol. The minimum atomic E-state index is -1.13. The van der Waals surface area contributed by atoms with Crippen molar-refractivity contribution in [1.82, 2.24) is 0 Å². The number of aliphatic hydroxyl groups excluding tert-OH is 1. The van der Waals surface area contributed by atoms with Crippen LogP contribution in [0.4, 0.5) is 8.78 Å². The molecule has 0 bridgehead atoms. The van der Waals surface area contributed by atoms with Crippen molar-refractivity contribution in [3.63, 3.8) is 0 Å². The smallest absolute Gasteiger partial charge is 0.170 e. The lowest BCUT2D eigenvalue weighted by Crippen LogP contribution is -1.99. The van der Waals surface area contributed by atoms with Gasteiger partial charge in [0.25, 0.3) is 0 Å². The number of hydrogen-bond acceptors (Lipinski definition) is 2. The second kappa shape index (κ2) is 4.72. The van der Waals surface area contributed by atoms with Crippen molar-refractivity contribution in [3.8, 4) is 0 Å². The fourth-order valence-electron chi connectivity index (χ4n) is 2.27. The average Bonchev–Trinajstić information content (AvgIpc) is 2.82. The Morgan fingerprint density at radius 1 is 1.10 bits per heavy atom. The maximum absolute atomic E-state index is 13.6. The van der Waals surface area contributed by atoms with Crippen LogP contribution >= 0.6 is 0 Å². The first-order valence-electron chi connectivity index (χ1n) is 6.18. The standard InChI is InChI=1S/C16H12F2O2/c1-9-5-11(7-12(17)6-9)15(19)14-8-10-3-2-4-13(18)16(10)20-14/h2-8,15,19H,1H3. The summed E-state index contributed by atoms with van der Waals surface area (Å²) in [6.45, 7) is 1.73. The van der Waals surface area contributed by atoms with E-state index in [0.717, 1.165) is 0 Å². The predicted molar refractivity (Wildman–Crippen MR) is 71.4 cm³/mol. The lowest BCUT2D eigenvalue weighted by atomic mass is 10.0. The van der Waals surface area contributed by atoms with E-state index >= 15 is 0 Å². The highest BCUT2D eigenvalue weighted by atomic mass is 19.1. The highest BCUT2D eigenvalue weighted by Crippen LogP contribution is 2.30. The third kappa shape index (κ3) is 2.18. The van der Waals surface area contributed by atoms with Gasteiger partial charge in [0.1, 0.15) is 17.7 Å². The molecular weight excluding hydrogens is 262 g/mol. The molecular formula is C16H12F2O2. The fourth-order valence-corrected chi connectivity index (χ4v) is 2.27. The van der Waals surface area contributed by atoms with E-state index in [1.807, 2.05) is 0 Å². The van der Waals surface area contributed by atoms with E-state index < -0.39 is 17.7 Å². The zero-order valence-electron chi connectivity index (χ0n) is 10.7. The van der Waals surface area contributed by atoms with Gasteiger partial charge in [-0.2, -0.15) is 0 Å². The maximum Gasteiger partial charge on any atom is 0.170 e. The van der Waals surface area contributed by atoms with Gasteiger partial charge in [-0.05, 0) is 42.3 Å². The maximum atomic E-state index is 13.6. The molecule has 3 rings (SSSR count). The third-order valence-electron chi connectivity index (χ3n) is 3.16. The largest absolute Gasteiger partial charge is 0.455 e. The molecule has 0 aliphatic carbocycles. The van der Waals surface area contributed by atoms with Gasteiger partial charge in [-0.3, -0.25) is 0 Å². The van der Waals surface area contributed by atoms with Crippen LogP contribution in [0.1, 0.15) is 23.0 Å². The summed E-state index contributed by atoms with van der Waals surface area (Å²) in [7, 11) is 0. The lowest BCUT2D eigenvalue weighted by molar-refractivity contribution is 0.191. The lowest BCUT2D eigenvalue weighted by Gasteiger charge is -2.09. The van der Waals surface area contributed by atoms with Crippen molar-refractivity contribution in [2.24, 2.45) is 0 Å². The molecule has 2 aromatic carbocycles. The fraction of sp³-hybridized carbons (Fsp3) is 0.125. The molecule has 0 fully saturated rings. The van der Waals surface area contributed by atoms with Gasteiger partial charge in [-0.25, -0.2) is 8.78 Å². The van der Waals surface area contributed by atoms with Gasteiger partial charge in [0.15, 0.2) is 11.4 Å². The van der Waals surface area contributed by atoms with Crippen molar-refractivity contribution < 1.29 is 18.3 Å². The van der Waals surface area contributed by atoms with Crippen LogP contribution in [0.3, 0.4) is 0 Å². The van der Waals surface area contributed by atoms with Crippen LogP contribution in [0.25, 0.3) is 11.0 Å². The normalized spacial score (nSPS) is 12.8. The Labute approximate surface area is 114 Å². The molecule has 1 atom stereocenters. The molecule has 0 aliphatic heterocycles.